The van der Waals surface area contributed by atoms with Crippen molar-refractivity contribution in [2.45, 2.75) is 32.9 Å². The highest BCUT2D eigenvalue weighted by Gasteiger charge is 2.31. The fraction of sp³-hybridized carbons (Fsp3) is 0.167. The monoisotopic (exact) mass is 522 g/mol. The standard InChI is InChI=1S/C30H25F3O5/c1-19-14-25(36-24-11-8-21(20(2)16-24)9-13-29(34)35)18-26(15-19)38-28-17-22(30(31,32)33)10-12-27(28)37-23-6-4-3-5-7-23/h3-8,10-12,14-18H,9,13H2,1-2H3,(H,34,35). The Hall–Kier alpha value is -4.46. The predicted octanol–water partition coefficient (Wildman–Crippen LogP) is 8.72. The van der Waals surface area contributed by atoms with Crippen molar-refractivity contribution in [1.29, 1.82) is 0 Å². The number of carbonyl (C=O) groups is 1. The Balaban J connectivity index is 1.60. The third kappa shape index (κ3) is 7.06. The second-order valence-electron chi connectivity index (χ2n) is 8.74. The average Bonchev–Trinajstić information content (AvgIpc) is 2.84. The van der Waals surface area contributed by atoms with E-state index in [1.165, 1.54) is 6.07 Å². The number of alkyl halides is 3. The summed E-state index contributed by atoms with van der Waals surface area (Å²) in [6.07, 6.45) is -4.11. The Bertz CT molecular complexity index is 1430. The first-order chi connectivity index (χ1) is 18.1. The minimum absolute atomic E-state index is 0.0329. The van der Waals surface area contributed by atoms with Crippen LogP contribution in [-0.4, -0.2) is 11.1 Å². The van der Waals surface area contributed by atoms with Crippen LogP contribution in [0.15, 0.2) is 84.9 Å². The lowest BCUT2D eigenvalue weighted by molar-refractivity contribution is -0.138. The molecule has 8 heteroatoms. The minimum Gasteiger partial charge on any atom is -0.481 e. The van der Waals surface area contributed by atoms with Gasteiger partial charge in [-0.05, 0) is 91.6 Å². The molecule has 0 saturated carbocycles. The van der Waals surface area contributed by atoms with Gasteiger partial charge in [0.2, 0.25) is 0 Å². The third-order valence-corrected chi connectivity index (χ3v) is 5.65. The van der Waals surface area contributed by atoms with Gasteiger partial charge in [-0.25, -0.2) is 0 Å². The second kappa shape index (κ2) is 11.3. The van der Waals surface area contributed by atoms with Crippen molar-refractivity contribution in [3.63, 3.8) is 0 Å². The van der Waals surface area contributed by atoms with Crippen LogP contribution in [0.3, 0.4) is 0 Å². The molecule has 0 aromatic heterocycles. The summed E-state index contributed by atoms with van der Waals surface area (Å²) in [5, 5.41) is 8.92. The molecule has 0 bridgehead atoms. The highest BCUT2D eigenvalue weighted by molar-refractivity contribution is 5.67. The lowest BCUT2D eigenvalue weighted by atomic mass is 10.0. The molecule has 0 atom stereocenters. The number of aryl methyl sites for hydroxylation is 3. The molecule has 0 heterocycles. The second-order valence-corrected chi connectivity index (χ2v) is 8.74. The molecule has 0 aliphatic heterocycles. The summed E-state index contributed by atoms with van der Waals surface area (Å²) in [5.41, 5.74) is 1.70. The minimum atomic E-state index is -4.56. The molecule has 0 saturated heterocycles. The summed E-state index contributed by atoms with van der Waals surface area (Å²) in [6.45, 7) is 3.68. The maximum absolute atomic E-state index is 13.4. The van der Waals surface area contributed by atoms with Gasteiger partial charge in [-0.2, -0.15) is 13.2 Å². The summed E-state index contributed by atoms with van der Waals surface area (Å²) < 4.78 is 58.0. The van der Waals surface area contributed by atoms with Gasteiger partial charge in [-0.3, -0.25) is 4.79 Å². The molecule has 0 amide bonds. The van der Waals surface area contributed by atoms with E-state index in [0.29, 0.717) is 23.7 Å². The lowest BCUT2D eigenvalue weighted by Crippen LogP contribution is -2.05. The molecule has 0 unspecified atom stereocenters. The number of rotatable bonds is 9. The van der Waals surface area contributed by atoms with E-state index in [0.717, 1.165) is 28.8 Å². The van der Waals surface area contributed by atoms with Crippen molar-refractivity contribution < 1.29 is 37.3 Å². The fourth-order valence-electron chi connectivity index (χ4n) is 3.81. The topological polar surface area (TPSA) is 65.0 Å². The quantitative estimate of drug-likeness (QED) is 0.238. The van der Waals surface area contributed by atoms with E-state index in [-0.39, 0.29) is 23.7 Å². The first-order valence-electron chi connectivity index (χ1n) is 11.8. The molecule has 0 radical (unpaired) electrons. The largest absolute Gasteiger partial charge is 0.481 e. The smallest absolute Gasteiger partial charge is 0.416 e. The van der Waals surface area contributed by atoms with E-state index in [1.807, 2.05) is 19.9 Å². The molecular formula is C30H25F3O5. The summed E-state index contributed by atoms with van der Waals surface area (Å²) in [6, 6.07) is 22.2. The van der Waals surface area contributed by atoms with E-state index in [9.17, 15) is 18.0 Å². The average molecular weight is 523 g/mol. The normalized spacial score (nSPS) is 11.2. The summed E-state index contributed by atoms with van der Waals surface area (Å²) in [7, 11) is 0. The van der Waals surface area contributed by atoms with Gasteiger partial charge in [0.1, 0.15) is 23.0 Å². The third-order valence-electron chi connectivity index (χ3n) is 5.65. The summed E-state index contributed by atoms with van der Waals surface area (Å²) >= 11 is 0. The number of carboxylic acid groups (broad SMARTS) is 1. The number of hydrogen-bond acceptors (Lipinski definition) is 4. The van der Waals surface area contributed by atoms with E-state index in [1.54, 1.807) is 60.7 Å². The highest BCUT2D eigenvalue weighted by Crippen LogP contribution is 2.41. The Morgan fingerprint density at radius 1 is 0.737 bits per heavy atom. The molecule has 4 aromatic rings. The molecule has 5 nitrogen and oxygen atoms in total. The Kier molecular flexibility index (Phi) is 7.90. The molecule has 4 aromatic carbocycles. The van der Waals surface area contributed by atoms with Gasteiger partial charge in [0.05, 0.1) is 5.56 Å². The van der Waals surface area contributed by atoms with Crippen LogP contribution in [0.1, 0.15) is 28.7 Å². The Morgan fingerprint density at radius 2 is 1.42 bits per heavy atom. The molecule has 0 aliphatic carbocycles. The summed E-state index contributed by atoms with van der Waals surface area (Å²) in [5.74, 6) is 0.842. The van der Waals surface area contributed by atoms with E-state index in [4.69, 9.17) is 19.3 Å². The van der Waals surface area contributed by atoms with Crippen LogP contribution in [-0.2, 0) is 17.4 Å². The number of para-hydroxylation sites is 1. The fourth-order valence-corrected chi connectivity index (χ4v) is 3.81. The Morgan fingerprint density at radius 3 is 2.08 bits per heavy atom. The zero-order valence-corrected chi connectivity index (χ0v) is 20.7. The number of hydrogen-bond donors (Lipinski definition) is 1. The lowest BCUT2D eigenvalue weighted by Gasteiger charge is -2.16. The number of carboxylic acids is 1. The number of ether oxygens (including phenoxy) is 3. The van der Waals surface area contributed by atoms with Crippen molar-refractivity contribution in [1.82, 2.24) is 0 Å². The van der Waals surface area contributed by atoms with Crippen LogP contribution in [0.25, 0.3) is 0 Å². The van der Waals surface area contributed by atoms with Crippen molar-refractivity contribution >= 4 is 5.97 Å². The molecule has 196 valence electrons. The van der Waals surface area contributed by atoms with Gasteiger partial charge in [0, 0.05) is 12.5 Å². The molecule has 4 rings (SSSR count). The van der Waals surface area contributed by atoms with Crippen LogP contribution in [0, 0.1) is 13.8 Å². The Labute approximate surface area is 218 Å². The molecular weight excluding hydrogens is 497 g/mol. The maximum atomic E-state index is 13.4. The highest BCUT2D eigenvalue weighted by atomic mass is 19.4. The molecule has 0 spiro atoms. The SMILES string of the molecule is Cc1cc(Oc2ccc(CCC(=O)O)c(C)c2)cc(Oc2cc(C(F)(F)F)ccc2Oc2ccccc2)c1. The van der Waals surface area contributed by atoms with Crippen LogP contribution >= 0.6 is 0 Å². The molecule has 1 N–H and O–H groups in total. The van der Waals surface area contributed by atoms with Crippen LogP contribution in [0.2, 0.25) is 0 Å². The first-order valence-corrected chi connectivity index (χ1v) is 11.8. The van der Waals surface area contributed by atoms with E-state index in [2.05, 4.69) is 0 Å². The van der Waals surface area contributed by atoms with E-state index < -0.39 is 17.7 Å². The van der Waals surface area contributed by atoms with E-state index >= 15 is 0 Å². The zero-order valence-electron chi connectivity index (χ0n) is 20.7. The summed E-state index contributed by atoms with van der Waals surface area (Å²) in [4.78, 5) is 10.9. The first kappa shape index (κ1) is 26.6. The van der Waals surface area contributed by atoms with Crippen molar-refractivity contribution in [3.05, 3.63) is 107 Å². The molecule has 0 aliphatic rings. The van der Waals surface area contributed by atoms with Gasteiger partial charge in [0.25, 0.3) is 0 Å². The number of aliphatic carboxylic acids is 1. The van der Waals surface area contributed by atoms with Crippen LogP contribution in [0.4, 0.5) is 13.2 Å². The molecule has 0 fully saturated rings. The maximum Gasteiger partial charge on any atom is 0.416 e. The van der Waals surface area contributed by atoms with Crippen molar-refractivity contribution in [2.75, 3.05) is 0 Å². The number of halogens is 3. The van der Waals surface area contributed by atoms with Crippen LogP contribution < -0.4 is 14.2 Å². The molecule has 38 heavy (non-hydrogen) atoms. The van der Waals surface area contributed by atoms with Gasteiger partial charge < -0.3 is 19.3 Å². The van der Waals surface area contributed by atoms with Gasteiger partial charge in [0.15, 0.2) is 11.5 Å². The number of benzene rings is 4. The van der Waals surface area contributed by atoms with Gasteiger partial charge in [-0.1, -0.05) is 24.3 Å². The van der Waals surface area contributed by atoms with Crippen LogP contribution in [0.5, 0.6) is 34.5 Å². The zero-order chi connectivity index (χ0) is 27.3. The predicted molar refractivity (Wildman–Crippen MR) is 136 cm³/mol. The van der Waals surface area contributed by atoms with Gasteiger partial charge in [-0.15, -0.1) is 0 Å². The van der Waals surface area contributed by atoms with Gasteiger partial charge >= 0.3 is 12.1 Å². The van der Waals surface area contributed by atoms with Crippen molar-refractivity contribution in [2.24, 2.45) is 0 Å². The van der Waals surface area contributed by atoms with Crippen molar-refractivity contribution in [3.8, 4) is 34.5 Å².